The summed E-state index contributed by atoms with van der Waals surface area (Å²) in [5.41, 5.74) is 2.50. The SMILES string of the molecule is CC(C)(C)OC(=O)N1CCC(CNc2ncc3c(-c4ccnc(NCc5cccc(Cl)c5)n4)[nH]nc3n2)CC1. The van der Waals surface area contributed by atoms with E-state index in [1.807, 2.05) is 51.1 Å². The number of anilines is 2. The minimum absolute atomic E-state index is 0.246. The predicted octanol–water partition coefficient (Wildman–Crippen LogP) is 5.13. The monoisotopic (exact) mass is 549 g/mol. The molecular formula is C27H32ClN9O2. The normalized spacial score (nSPS) is 14.4. The lowest BCUT2D eigenvalue weighted by Gasteiger charge is -2.33. The molecule has 0 atom stereocenters. The van der Waals surface area contributed by atoms with E-state index in [1.165, 1.54) is 0 Å². The summed E-state index contributed by atoms with van der Waals surface area (Å²) in [6.07, 6.45) is 4.98. The van der Waals surface area contributed by atoms with Gasteiger partial charge < -0.3 is 20.3 Å². The highest BCUT2D eigenvalue weighted by Crippen LogP contribution is 2.25. The average molecular weight is 550 g/mol. The van der Waals surface area contributed by atoms with Crippen LogP contribution in [0.1, 0.15) is 39.2 Å². The van der Waals surface area contributed by atoms with E-state index in [2.05, 4.69) is 40.8 Å². The Bertz CT molecular complexity index is 1440. The van der Waals surface area contributed by atoms with Crippen molar-refractivity contribution in [3.05, 3.63) is 53.3 Å². The van der Waals surface area contributed by atoms with E-state index in [1.54, 1.807) is 17.3 Å². The van der Waals surface area contributed by atoms with Crippen molar-refractivity contribution in [2.75, 3.05) is 30.3 Å². The third-order valence-corrected chi connectivity index (χ3v) is 6.61. The molecule has 0 bridgehead atoms. The van der Waals surface area contributed by atoms with Crippen molar-refractivity contribution < 1.29 is 9.53 Å². The van der Waals surface area contributed by atoms with Crippen molar-refractivity contribution in [1.29, 1.82) is 0 Å². The number of amides is 1. The molecule has 0 aliphatic carbocycles. The highest BCUT2D eigenvalue weighted by Gasteiger charge is 2.27. The van der Waals surface area contributed by atoms with Crippen LogP contribution in [0, 0.1) is 5.92 Å². The Morgan fingerprint density at radius 1 is 1.13 bits per heavy atom. The maximum Gasteiger partial charge on any atom is 0.410 e. The van der Waals surface area contributed by atoms with Gasteiger partial charge in [0.1, 0.15) is 5.60 Å². The van der Waals surface area contributed by atoms with Gasteiger partial charge in [-0.1, -0.05) is 23.7 Å². The summed E-state index contributed by atoms with van der Waals surface area (Å²) in [4.78, 5) is 32.1. The summed E-state index contributed by atoms with van der Waals surface area (Å²) in [5.74, 6) is 1.42. The molecule has 12 heteroatoms. The fourth-order valence-electron chi connectivity index (χ4n) is 4.38. The molecule has 3 N–H and O–H groups in total. The number of carbonyl (C=O) groups is 1. The number of benzene rings is 1. The Hall–Kier alpha value is -3.99. The number of fused-ring (bicyclic) bond motifs is 1. The standard InChI is InChI=1S/C27H32ClN9O2/c1-27(2,3)39-26(38)37-11-8-17(9-12-37)14-30-25-32-16-20-22(35-36-23(20)34-25)21-7-10-29-24(33-21)31-15-18-5-4-6-19(28)13-18/h4-7,10,13,16-17H,8-9,11-12,14-15H2,1-3H3,(H,29,31,33)(H2,30,32,34,35,36). The molecule has 0 radical (unpaired) electrons. The number of rotatable bonds is 7. The molecule has 204 valence electrons. The summed E-state index contributed by atoms with van der Waals surface area (Å²) >= 11 is 6.07. The number of likely N-dealkylation sites (tertiary alicyclic amines) is 1. The van der Waals surface area contributed by atoms with Crippen molar-refractivity contribution in [3.63, 3.8) is 0 Å². The zero-order valence-electron chi connectivity index (χ0n) is 22.2. The van der Waals surface area contributed by atoms with Gasteiger partial charge in [-0.05, 0) is 63.3 Å². The van der Waals surface area contributed by atoms with E-state index < -0.39 is 5.60 Å². The largest absolute Gasteiger partial charge is 0.444 e. The predicted molar refractivity (Wildman–Crippen MR) is 151 cm³/mol. The fraction of sp³-hybridized carbons (Fsp3) is 0.407. The van der Waals surface area contributed by atoms with Crippen LogP contribution >= 0.6 is 11.6 Å². The minimum atomic E-state index is -0.484. The number of hydrogen-bond acceptors (Lipinski definition) is 9. The number of nitrogens with one attached hydrogen (secondary N) is 3. The Balaban J connectivity index is 1.17. The molecule has 1 aromatic carbocycles. The lowest BCUT2D eigenvalue weighted by atomic mass is 9.97. The first-order valence-electron chi connectivity index (χ1n) is 13.0. The van der Waals surface area contributed by atoms with Crippen molar-refractivity contribution in [1.82, 2.24) is 35.0 Å². The van der Waals surface area contributed by atoms with E-state index in [9.17, 15) is 4.79 Å². The number of hydrogen-bond donors (Lipinski definition) is 3. The minimum Gasteiger partial charge on any atom is -0.444 e. The highest BCUT2D eigenvalue weighted by atomic mass is 35.5. The van der Waals surface area contributed by atoms with Crippen LogP contribution in [0.15, 0.2) is 42.7 Å². The number of nitrogens with zero attached hydrogens (tertiary/aromatic N) is 6. The van der Waals surface area contributed by atoms with Crippen LogP contribution in [-0.4, -0.2) is 66.4 Å². The third kappa shape index (κ3) is 6.91. The first-order valence-corrected chi connectivity index (χ1v) is 13.4. The van der Waals surface area contributed by atoms with Crippen LogP contribution in [0.4, 0.5) is 16.7 Å². The van der Waals surface area contributed by atoms with Crippen LogP contribution in [0.5, 0.6) is 0 Å². The molecule has 4 aromatic rings. The molecule has 39 heavy (non-hydrogen) atoms. The summed E-state index contributed by atoms with van der Waals surface area (Å²) in [6.45, 7) is 8.27. The molecule has 0 spiro atoms. The lowest BCUT2D eigenvalue weighted by Crippen LogP contribution is -2.42. The van der Waals surface area contributed by atoms with Crippen molar-refractivity contribution in [2.24, 2.45) is 5.92 Å². The summed E-state index contributed by atoms with van der Waals surface area (Å²) in [5, 5.41) is 15.4. The van der Waals surface area contributed by atoms with Gasteiger partial charge in [0, 0.05) is 43.6 Å². The van der Waals surface area contributed by atoms with E-state index in [0.29, 0.717) is 53.8 Å². The fourth-order valence-corrected chi connectivity index (χ4v) is 4.59. The molecule has 0 unspecified atom stereocenters. The molecule has 1 amide bonds. The second kappa shape index (κ2) is 11.4. The number of ether oxygens (including phenoxy) is 1. The third-order valence-electron chi connectivity index (χ3n) is 6.38. The van der Waals surface area contributed by atoms with Crippen molar-refractivity contribution >= 4 is 40.6 Å². The first kappa shape index (κ1) is 26.6. The van der Waals surface area contributed by atoms with Crippen LogP contribution in [0.25, 0.3) is 22.4 Å². The zero-order chi connectivity index (χ0) is 27.4. The average Bonchev–Trinajstić information content (AvgIpc) is 3.34. The van der Waals surface area contributed by atoms with Gasteiger partial charge in [0.05, 0.1) is 16.8 Å². The number of piperidine rings is 1. The summed E-state index contributed by atoms with van der Waals surface area (Å²) in [7, 11) is 0. The number of H-pyrrole nitrogens is 1. The van der Waals surface area contributed by atoms with Crippen molar-refractivity contribution in [2.45, 2.75) is 45.8 Å². The summed E-state index contributed by atoms with van der Waals surface area (Å²) in [6, 6.07) is 9.45. The second-order valence-electron chi connectivity index (χ2n) is 10.6. The zero-order valence-corrected chi connectivity index (χ0v) is 23.0. The number of halogens is 1. The molecule has 11 nitrogen and oxygen atoms in total. The van der Waals surface area contributed by atoms with Gasteiger partial charge in [0.15, 0.2) is 5.65 Å². The smallest absolute Gasteiger partial charge is 0.410 e. The van der Waals surface area contributed by atoms with E-state index in [4.69, 9.17) is 16.3 Å². The Morgan fingerprint density at radius 3 is 2.69 bits per heavy atom. The number of aromatic amines is 1. The molecule has 1 saturated heterocycles. The maximum atomic E-state index is 12.3. The van der Waals surface area contributed by atoms with Crippen LogP contribution in [-0.2, 0) is 11.3 Å². The van der Waals surface area contributed by atoms with Gasteiger partial charge in [-0.25, -0.2) is 19.7 Å². The molecular weight excluding hydrogens is 518 g/mol. The molecule has 1 fully saturated rings. The van der Waals surface area contributed by atoms with Gasteiger partial charge in [-0.15, -0.1) is 0 Å². The van der Waals surface area contributed by atoms with E-state index >= 15 is 0 Å². The van der Waals surface area contributed by atoms with E-state index in [-0.39, 0.29) is 6.09 Å². The van der Waals surface area contributed by atoms with Crippen LogP contribution in [0.3, 0.4) is 0 Å². The Labute approximate surface area is 231 Å². The molecule has 0 saturated carbocycles. The van der Waals surface area contributed by atoms with Crippen molar-refractivity contribution in [3.8, 4) is 11.4 Å². The molecule has 4 heterocycles. The Morgan fingerprint density at radius 2 is 1.92 bits per heavy atom. The van der Waals surface area contributed by atoms with Gasteiger partial charge in [0.25, 0.3) is 0 Å². The lowest BCUT2D eigenvalue weighted by molar-refractivity contribution is 0.0188. The van der Waals surface area contributed by atoms with Gasteiger partial charge in [0.2, 0.25) is 11.9 Å². The molecule has 1 aliphatic rings. The van der Waals surface area contributed by atoms with Crippen LogP contribution < -0.4 is 10.6 Å². The van der Waals surface area contributed by atoms with Gasteiger partial charge in [-0.2, -0.15) is 10.1 Å². The highest BCUT2D eigenvalue weighted by molar-refractivity contribution is 6.30. The van der Waals surface area contributed by atoms with Crippen LogP contribution in [0.2, 0.25) is 5.02 Å². The van der Waals surface area contributed by atoms with Gasteiger partial charge in [-0.3, -0.25) is 5.10 Å². The Kier molecular flexibility index (Phi) is 7.78. The first-order chi connectivity index (χ1) is 18.7. The quantitative estimate of drug-likeness (QED) is 0.286. The molecule has 1 aliphatic heterocycles. The van der Waals surface area contributed by atoms with Gasteiger partial charge >= 0.3 is 6.09 Å². The number of aromatic nitrogens is 6. The molecule has 3 aromatic heterocycles. The molecule has 5 rings (SSSR count). The topological polar surface area (TPSA) is 134 Å². The van der Waals surface area contributed by atoms with E-state index in [0.717, 1.165) is 36.0 Å². The summed E-state index contributed by atoms with van der Waals surface area (Å²) < 4.78 is 5.48. The number of carbonyl (C=O) groups excluding carboxylic acids is 1. The maximum absolute atomic E-state index is 12.3. The second-order valence-corrected chi connectivity index (χ2v) is 11.0.